The van der Waals surface area contributed by atoms with Crippen molar-refractivity contribution in [2.75, 3.05) is 13.1 Å². The molecule has 1 N–H and O–H groups in total. The Bertz CT molecular complexity index is 657. The van der Waals surface area contributed by atoms with Gasteiger partial charge >= 0.3 is 0 Å². The molecule has 1 atom stereocenters. The smallest absolute Gasteiger partial charge is 0.287 e. The van der Waals surface area contributed by atoms with E-state index in [-0.39, 0.29) is 11.9 Å². The topological polar surface area (TPSA) is 45.5 Å². The molecule has 5 heteroatoms. The molecule has 1 aliphatic heterocycles. The van der Waals surface area contributed by atoms with Crippen molar-refractivity contribution in [3.8, 4) is 0 Å². The lowest BCUT2D eigenvalue weighted by Crippen LogP contribution is -2.33. The van der Waals surface area contributed by atoms with E-state index < -0.39 is 0 Å². The number of nitrogens with zero attached hydrogens (tertiary/aromatic N) is 1. The van der Waals surface area contributed by atoms with Crippen molar-refractivity contribution in [3.05, 3.63) is 45.5 Å². The van der Waals surface area contributed by atoms with Crippen molar-refractivity contribution in [2.24, 2.45) is 0 Å². The van der Waals surface area contributed by atoms with E-state index in [4.69, 9.17) is 4.42 Å². The van der Waals surface area contributed by atoms with Gasteiger partial charge in [-0.15, -0.1) is 0 Å². The molecular formula is C19H26N2O2S. The van der Waals surface area contributed by atoms with Gasteiger partial charge in [-0.3, -0.25) is 9.69 Å². The van der Waals surface area contributed by atoms with Crippen molar-refractivity contribution in [2.45, 2.75) is 52.1 Å². The van der Waals surface area contributed by atoms with Crippen LogP contribution in [0, 0.1) is 0 Å². The Labute approximate surface area is 147 Å². The summed E-state index contributed by atoms with van der Waals surface area (Å²) in [7, 11) is 0. The van der Waals surface area contributed by atoms with Gasteiger partial charge in [0.15, 0.2) is 5.76 Å². The summed E-state index contributed by atoms with van der Waals surface area (Å²) >= 11 is 1.68. The van der Waals surface area contributed by atoms with Gasteiger partial charge in [0.25, 0.3) is 5.91 Å². The Morgan fingerprint density at radius 3 is 2.88 bits per heavy atom. The number of thiophene rings is 1. The van der Waals surface area contributed by atoms with E-state index in [9.17, 15) is 4.79 Å². The fourth-order valence-corrected chi connectivity index (χ4v) is 3.98. The average Bonchev–Trinajstić information content (AvgIpc) is 3.29. The van der Waals surface area contributed by atoms with Gasteiger partial charge in [-0.05, 0) is 67.7 Å². The van der Waals surface area contributed by atoms with Crippen LogP contribution in [0.2, 0.25) is 0 Å². The van der Waals surface area contributed by atoms with Crippen LogP contribution in [0.3, 0.4) is 0 Å². The zero-order valence-electron chi connectivity index (χ0n) is 14.5. The normalized spacial score (nSPS) is 16.4. The number of likely N-dealkylation sites (tertiary alicyclic amines) is 1. The van der Waals surface area contributed by atoms with Crippen LogP contribution in [-0.2, 0) is 19.4 Å². The maximum Gasteiger partial charge on any atom is 0.287 e. The number of hydrogen-bond acceptors (Lipinski definition) is 4. The van der Waals surface area contributed by atoms with E-state index in [0.717, 1.165) is 43.8 Å². The molecule has 3 rings (SSSR count). The van der Waals surface area contributed by atoms with Gasteiger partial charge in [0, 0.05) is 24.6 Å². The minimum atomic E-state index is -0.111. The van der Waals surface area contributed by atoms with Crippen LogP contribution >= 0.6 is 11.3 Å². The molecule has 1 fully saturated rings. The van der Waals surface area contributed by atoms with Crippen LogP contribution in [0.15, 0.2) is 27.3 Å². The highest BCUT2D eigenvalue weighted by Crippen LogP contribution is 2.21. The quantitative estimate of drug-likeness (QED) is 0.828. The Morgan fingerprint density at radius 2 is 2.21 bits per heavy atom. The van der Waals surface area contributed by atoms with Crippen LogP contribution in [0.25, 0.3) is 0 Å². The zero-order chi connectivity index (χ0) is 16.9. The minimum Gasteiger partial charge on any atom is -0.456 e. The summed E-state index contributed by atoms with van der Waals surface area (Å²) in [5.41, 5.74) is 2.42. The fourth-order valence-electron chi connectivity index (χ4n) is 3.30. The highest BCUT2D eigenvalue weighted by atomic mass is 32.1. The van der Waals surface area contributed by atoms with Crippen molar-refractivity contribution in [3.63, 3.8) is 0 Å². The number of carbonyl (C=O) groups is 1. The molecule has 130 valence electrons. The van der Waals surface area contributed by atoms with Gasteiger partial charge in [-0.1, -0.05) is 6.92 Å². The summed E-state index contributed by atoms with van der Waals surface area (Å²) in [6.07, 6.45) is 4.21. The Hall–Kier alpha value is -1.59. The average molecular weight is 346 g/mol. The maximum absolute atomic E-state index is 12.5. The number of carbonyl (C=O) groups excluding carboxylic acids is 1. The van der Waals surface area contributed by atoms with Gasteiger partial charge in [-0.2, -0.15) is 11.3 Å². The summed E-state index contributed by atoms with van der Waals surface area (Å²) in [5.74, 6) is 1.27. The van der Waals surface area contributed by atoms with Gasteiger partial charge in [-0.25, -0.2) is 0 Å². The van der Waals surface area contributed by atoms with Gasteiger partial charge < -0.3 is 9.73 Å². The SMILES string of the molecule is CCc1oc(C(=O)N[C@@H](C)Cc2ccsc2)cc1CN1CCCC1. The molecule has 4 nitrogen and oxygen atoms in total. The number of aryl methyl sites for hydroxylation is 1. The predicted octanol–water partition coefficient (Wildman–Crippen LogP) is 3.86. The maximum atomic E-state index is 12.5. The number of furan rings is 1. The van der Waals surface area contributed by atoms with E-state index >= 15 is 0 Å². The molecule has 1 amide bonds. The fraction of sp³-hybridized carbons (Fsp3) is 0.526. The number of rotatable bonds is 7. The standard InChI is InChI=1S/C19H26N2O2S/c1-3-17-16(12-21-7-4-5-8-21)11-18(23-17)19(22)20-14(2)10-15-6-9-24-13-15/h6,9,11,13-14H,3-5,7-8,10,12H2,1-2H3,(H,20,22)/t14-/m0/s1. The van der Waals surface area contributed by atoms with E-state index in [1.807, 2.05) is 13.0 Å². The molecule has 1 saturated heterocycles. The Balaban J connectivity index is 1.62. The molecule has 24 heavy (non-hydrogen) atoms. The molecule has 0 radical (unpaired) electrons. The first-order chi connectivity index (χ1) is 11.7. The molecule has 2 aromatic heterocycles. The summed E-state index contributed by atoms with van der Waals surface area (Å²) in [4.78, 5) is 14.9. The Kier molecular flexibility index (Phi) is 5.74. The zero-order valence-corrected chi connectivity index (χ0v) is 15.3. The summed E-state index contributed by atoms with van der Waals surface area (Å²) in [6.45, 7) is 7.29. The van der Waals surface area contributed by atoms with Crippen molar-refractivity contribution in [1.29, 1.82) is 0 Å². The summed E-state index contributed by atoms with van der Waals surface area (Å²) in [6, 6.07) is 4.12. The summed E-state index contributed by atoms with van der Waals surface area (Å²) in [5, 5.41) is 7.24. The minimum absolute atomic E-state index is 0.0873. The first-order valence-electron chi connectivity index (χ1n) is 8.81. The molecule has 0 unspecified atom stereocenters. The van der Waals surface area contributed by atoms with Crippen LogP contribution in [0.1, 0.15) is 54.1 Å². The van der Waals surface area contributed by atoms with E-state index in [2.05, 4.69) is 34.0 Å². The highest BCUT2D eigenvalue weighted by molar-refractivity contribution is 7.07. The molecule has 0 bridgehead atoms. The molecule has 3 heterocycles. The molecule has 0 aromatic carbocycles. The molecule has 1 aliphatic rings. The molecule has 0 aliphatic carbocycles. The first kappa shape index (κ1) is 17.2. The molecule has 2 aromatic rings. The van der Waals surface area contributed by atoms with Crippen LogP contribution in [-0.4, -0.2) is 29.9 Å². The molecular weight excluding hydrogens is 320 g/mol. The van der Waals surface area contributed by atoms with E-state index in [0.29, 0.717) is 5.76 Å². The van der Waals surface area contributed by atoms with E-state index in [1.165, 1.54) is 18.4 Å². The largest absolute Gasteiger partial charge is 0.456 e. The lowest BCUT2D eigenvalue weighted by atomic mass is 10.1. The second-order valence-corrected chi connectivity index (χ2v) is 7.39. The lowest BCUT2D eigenvalue weighted by molar-refractivity contribution is 0.0910. The van der Waals surface area contributed by atoms with Crippen molar-refractivity contribution >= 4 is 17.2 Å². The number of nitrogens with one attached hydrogen (secondary N) is 1. The van der Waals surface area contributed by atoms with Crippen LogP contribution < -0.4 is 5.32 Å². The third kappa shape index (κ3) is 4.28. The van der Waals surface area contributed by atoms with Crippen LogP contribution in [0.4, 0.5) is 0 Å². The van der Waals surface area contributed by atoms with Crippen molar-refractivity contribution in [1.82, 2.24) is 10.2 Å². The first-order valence-corrected chi connectivity index (χ1v) is 9.76. The van der Waals surface area contributed by atoms with Crippen molar-refractivity contribution < 1.29 is 9.21 Å². The lowest BCUT2D eigenvalue weighted by Gasteiger charge is -2.13. The van der Waals surface area contributed by atoms with Gasteiger partial charge in [0.05, 0.1) is 0 Å². The third-order valence-electron chi connectivity index (χ3n) is 4.53. The second-order valence-electron chi connectivity index (χ2n) is 6.61. The Morgan fingerprint density at radius 1 is 1.42 bits per heavy atom. The second kappa shape index (κ2) is 7.99. The number of amides is 1. The number of hydrogen-bond donors (Lipinski definition) is 1. The molecule has 0 saturated carbocycles. The van der Waals surface area contributed by atoms with E-state index in [1.54, 1.807) is 11.3 Å². The van der Waals surface area contributed by atoms with Crippen LogP contribution in [0.5, 0.6) is 0 Å². The van der Waals surface area contributed by atoms with Gasteiger partial charge in [0.2, 0.25) is 0 Å². The van der Waals surface area contributed by atoms with Gasteiger partial charge in [0.1, 0.15) is 5.76 Å². The molecule has 0 spiro atoms. The third-order valence-corrected chi connectivity index (χ3v) is 5.27. The summed E-state index contributed by atoms with van der Waals surface area (Å²) < 4.78 is 5.84. The predicted molar refractivity (Wildman–Crippen MR) is 97.5 cm³/mol. The highest BCUT2D eigenvalue weighted by Gasteiger charge is 2.20. The monoisotopic (exact) mass is 346 g/mol.